The van der Waals surface area contributed by atoms with E-state index >= 15 is 0 Å². The van der Waals surface area contributed by atoms with Gasteiger partial charge in [0.2, 0.25) is 0 Å². The van der Waals surface area contributed by atoms with Gasteiger partial charge < -0.3 is 9.80 Å². The molecule has 0 amide bonds. The third kappa shape index (κ3) is 3.05. The molecular weight excluding hydrogens is 220 g/mol. The molecule has 0 unspecified atom stereocenters. The Balaban J connectivity index is 2.27. The number of anilines is 1. The van der Waals surface area contributed by atoms with Crippen molar-refractivity contribution in [3.05, 3.63) is 29.8 Å². The summed E-state index contributed by atoms with van der Waals surface area (Å²) in [5.41, 5.74) is 3.12. The zero-order valence-corrected chi connectivity index (χ0v) is 12.2. The first-order valence-corrected chi connectivity index (χ1v) is 7.01. The maximum absolute atomic E-state index is 2.56. The zero-order chi connectivity index (χ0) is 13.2. The molecule has 1 aliphatic rings. The molecule has 100 valence electrons. The van der Waals surface area contributed by atoms with Gasteiger partial charge in [-0.1, -0.05) is 39.0 Å². The van der Waals surface area contributed by atoms with Crippen LogP contribution in [-0.2, 0) is 5.41 Å². The highest BCUT2D eigenvalue weighted by Gasteiger charge is 2.21. The minimum atomic E-state index is 0.217. The molecule has 0 N–H and O–H groups in total. The maximum Gasteiger partial charge on any atom is 0.0404 e. The highest BCUT2D eigenvalue weighted by atomic mass is 15.2. The van der Waals surface area contributed by atoms with Gasteiger partial charge in [-0.05, 0) is 37.1 Å². The molecule has 1 aliphatic heterocycles. The predicted octanol–water partition coefficient (Wildman–Crippen LogP) is 3.13. The average molecular weight is 246 g/mol. The van der Waals surface area contributed by atoms with E-state index in [0.29, 0.717) is 0 Å². The Hall–Kier alpha value is -1.02. The van der Waals surface area contributed by atoms with Gasteiger partial charge in [-0.2, -0.15) is 0 Å². The van der Waals surface area contributed by atoms with Gasteiger partial charge >= 0.3 is 0 Å². The van der Waals surface area contributed by atoms with Crippen LogP contribution in [-0.4, -0.2) is 38.1 Å². The Morgan fingerprint density at radius 3 is 2.39 bits per heavy atom. The van der Waals surface area contributed by atoms with Crippen LogP contribution in [0.4, 0.5) is 5.69 Å². The van der Waals surface area contributed by atoms with E-state index in [1.54, 1.807) is 0 Å². The fraction of sp³-hybridized carbons (Fsp3) is 0.625. The highest BCUT2D eigenvalue weighted by molar-refractivity contribution is 5.56. The fourth-order valence-corrected chi connectivity index (χ4v) is 2.67. The van der Waals surface area contributed by atoms with Crippen molar-refractivity contribution in [3.63, 3.8) is 0 Å². The molecule has 1 aromatic rings. The van der Waals surface area contributed by atoms with Crippen LogP contribution in [0.1, 0.15) is 32.8 Å². The van der Waals surface area contributed by atoms with E-state index in [9.17, 15) is 0 Å². The summed E-state index contributed by atoms with van der Waals surface area (Å²) in [6, 6.07) is 8.89. The first-order chi connectivity index (χ1) is 8.48. The van der Waals surface area contributed by atoms with Crippen molar-refractivity contribution >= 4 is 5.69 Å². The van der Waals surface area contributed by atoms with E-state index in [0.717, 1.165) is 6.54 Å². The molecule has 0 aromatic heterocycles. The van der Waals surface area contributed by atoms with Crippen molar-refractivity contribution in [2.75, 3.05) is 38.1 Å². The van der Waals surface area contributed by atoms with E-state index in [4.69, 9.17) is 0 Å². The van der Waals surface area contributed by atoms with Crippen LogP contribution >= 0.6 is 0 Å². The molecule has 2 rings (SSSR count). The monoisotopic (exact) mass is 246 g/mol. The van der Waals surface area contributed by atoms with Crippen LogP contribution in [0.5, 0.6) is 0 Å². The molecule has 0 atom stereocenters. The van der Waals surface area contributed by atoms with Gasteiger partial charge in [0.1, 0.15) is 0 Å². The van der Waals surface area contributed by atoms with Crippen molar-refractivity contribution < 1.29 is 0 Å². The first kappa shape index (κ1) is 13.4. The lowest BCUT2D eigenvalue weighted by Gasteiger charge is -2.30. The average Bonchev–Trinajstić information content (AvgIpc) is 2.53. The summed E-state index contributed by atoms with van der Waals surface area (Å²) in [5, 5.41) is 0. The molecule has 1 fully saturated rings. The second kappa shape index (κ2) is 5.31. The SMILES string of the molecule is CN1CCCN(c2ccccc2C(C)(C)C)CC1. The normalized spacial score (nSPS) is 18.8. The highest BCUT2D eigenvalue weighted by Crippen LogP contribution is 2.32. The van der Waals surface area contributed by atoms with E-state index in [1.807, 2.05) is 0 Å². The summed E-state index contributed by atoms with van der Waals surface area (Å²) >= 11 is 0. The Morgan fingerprint density at radius 1 is 0.944 bits per heavy atom. The van der Waals surface area contributed by atoms with Crippen LogP contribution in [0.3, 0.4) is 0 Å². The van der Waals surface area contributed by atoms with Crippen LogP contribution in [0.2, 0.25) is 0 Å². The maximum atomic E-state index is 2.56. The fourth-order valence-electron chi connectivity index (χ4n) is 2.67. The van der Waals surface area contributed by atoms with E-state index in [2.05, 4.69) is 61.9 Å². The third-order valence-electron chi connectivity index (χ3n) is 3.77. The molecule has 0 saturated carbocycles. The van der Waals surface area contributed by atoms with Crippen LogP contribution in [0.25, 0.3) is 0 Å². The van der Waals surface area contributed by atoms with Crippen LogP contribution < -0.4 is 4.90 Å². The lowest BCUT2D eigenvalue weighted by molar-refractivity contribution is 0.360. The molecule has 1 heterocycles. The largest absolute Gasteiger partial charge is 0.370 e. The topological polar surface area (TPSA) is 6.48 Å². The number of para-hydroxylation sites is 1. The summed E-state index contributed by atoms with van der Waals surface area (Å²) in [7, 11) is 2.22. The second-order valence-electron chi connectivity index (χ2n) is 6.41. The second-order valence-corrected chi connectivity index (χ2v) is 6.41. The lowest BCUT2D eigenvalue weighted by Crippen LogP contribution is -2.30. The van der Waals surface area contributed by atoms with E-state index in [-0.39, 0.29) is 5.41 Å². The van der Waals surface area contributed by atoms with Gasteiger partial charge in [0.25, 0.3) is 0 Å². The number of likely N-dealkylation sites (N-methyl/N-ethyl adjacent to an activating group) is 1. The standard InChI is InChI=1S/C16H26N2/c1-16(2,3)14-8-5-6-9-15(14)18-11-7-10-17(4)12-13-18/h5-6,8-9H,7,10-13H2,1-4H3. The molecule has 1 saturated heterocycles. The van der Waals surface area contributed by atoms with E-state index in [1.165, 1.54) is 37.3 Å². The summed E-state index contributed by atoms with van der Waals surface area (Å²) in [4.78, 5) is 4.99. The minimum absolute atomic E-state index is 0.217. The zero-order valence-electron chi connectivity index (χ0n) is 12.2. The number of hydrogen-bond donors (Lipinski definition) is 0. The molecule has 18 heavy (non-hydrogen) atoms. The molecular formula is C16H26N2. The minimum Gasteiger partial charge on any atom is -0.370 e. The van der Waals surface area contributed by atoms with Crippen molar-refractivity contribution in [1.82, 2.24) is 4.90 Å². The van der Waals surface area contributed by atoms with E-state index < -0.39 is 0 Å². The van der Waals surface area contributed by atoms with Gasteiger partial charge in [-0.15, -0.1) is 0 Å². The summed E-state index contributed by atoms with van der Waals surface area (Å²) in [5.74, 6) is 0. The van der Waals surface area contributed by atoms with Gasteiger partial charge in [0.15, 0.2) is 0 Å². The van der Waals surface area contributed by atoms with Crippen LogP contribution in [0, 0.1) is 0 Å². The molecule has 0 bridgehead atoms. The van der Waals surface area contributed by atoms with Crippen molar-refractivity contribution in [3.8, 4) is 0 Å². The van der Waals surface area contributed by atoms with Gasteiger partial charge in [0.05, 0.1) is 0 Å². The number of hydrogen-bond acceptors (Lipinski definition) is 2. The Kier molecular flexibility index (Phi) is 3.96. The number of rotatable bonds is 1. The Bertz CT molecular complexity index is 392. The van der Waals surface area contributed by atoms with Crippen LogP contribution in [0.15, 0.2) is 24.3 Å². The Labute approximate surface area is 112 Å². The predicted molar refractivity (Wildman–Crippen MR) is 79.5 cm³/mol. The van der Waals surface area contributed by atoms with Gasteiger partial charge in [-0.3, -0.25) is 0 Å². The quantitative estimate of drug-likeness (QED) is 0.751. The third-order valence-corrected chi connectivity index (χ3v) is 3.77. The molecule has 0 aliphatic carbocycles. The number of benzene rings is 1. The molecule has 0 spiro atoms. The smallest absolute Gasteiger partial charge is 0.0404 e. The summed E-state index contributed by atoms with van der Waals surface area (Å²) in [6.45, 7) is 11.6. The van der Waals surface area contributed by atoms with Crippen molar-refractivity contribution in [2.24, 2.45) is 0 Å². The molecule has 2 heteroatoms. The summed E-state index contributed by atoms with van der Waals surface area (Å²) < 4.78 is 0. The van der Waals surface area contributed by atoms with Gasteiger partial charge in [-0.25, -0.2) is 0 Å². The molecule has 0 radical (unpaired) electrons. The van der Waals surface area contributed by atoms with Crippen molar-refractivity contribution in [2.45, 2.75) is 32.6 Å². The lowest BCUT2D eigenvalue weighted by atomic mass is 9.85. The first-order valence-electron chi connectivity index (χ1n) is 7.01. The molecule has 2 nitrogen and oxygen atoms in total. The number of nitrogens with zero attached hydrogens (tertiary/aromatic N) is 2. The Morgan fingerprint density at radius 2 is 1.67 bits per heavy atom. The van der Waals surface area contributed by atoms with Crippen molar-refractivity contribution in [1.29, 1.82) is 0 Å². The van der Waals surface area contributed by atoms with Gasteiger partial charge in [0, 0.05) is 25.3 Å². The molecule has 1 aromatic carbocycles. The summed E-state index contributed by atoms with van der Waals surface area (Å²) in [6.07, 6.45) is 1.26.